The number of hydrogen-bond acceptors (Lipinski definition) is 3. The summed E-state index contributed by atoms with van der Waals surface area (Å²) < 4.78 is 40.4. The van der Waals surface area contributed by atoms with Gasteiger partial charge in [0.05, 0.1) is 19.7 Å². The summed E-state index contributed by atoms with van der Waals surface area (Å²) in [6.45, 7) is 0.945. The molecule has 0 radical (unpaired) electrons. The molecule has 1 aliphatic rings. The van der Waals surface area contributed by atoms with Crippen LogP contribution in [-0.2, 0) is 9.53 Å². The minimum atomic E-state index is -4.29. The summed E-state index contributed by atoms with van der Waals surface area (Å²) in [6, 6.07) is 0. The molecule has 6 heteroatoms. The average Bonchev–Trinajstić information content (AvgIpc) is 2.25. The summed E-state index contributed by atoms with van der Waals surface area (Å²) >= 11 is 0. The Bertz CT molecular complexity index is 269. The molecule has 3 nitrogen and oxygen atoms in total. The second kappa shape index (κ2) is 6.97. The van der Waals surface area contributed by atoms with Crippen molar-refractivity contribution < 1.29 is 22.7 Å². The Kier molecular flexibility index (Phi) is 5.91. The minimum Gasteiger partial charge on any atom is -0.464 e. The van der Waals surface area contributed by atoms with Gasteiger partial charge < -0.3 is 4.74 Å². The van der Waals surface area contributed by atoms with Crippen LogP contribution in [0.1, 0.15) is 32.6 Å². The number of carbonyl (C=O) groups excluding carboxylic acids is 1. The van der Waals surface area contributed by atoms with Crippen LogP contribution in [0.2, 0.25) is 0 Å². The van der Waals surface area contributed by atoms with Crippen LogP contribution >= 0.6 is 0 Å². The quantitative estimate of drug-likeness (QED) is 0.778. The van der Waals surface area contributed by atoms with E-state index in [1.165, 1.54) is 6.42 Å². The molecule has 0 heterocycles. The zero-order valence-electron chi connectivity index (χ0n) is 10.6. The van der Waals surface area contributed by atoms with E-state index in [1.807, 2.05) is 5.32 Å². The lowest BCUT2D eigenvalue weighted by atomic mass is 9.83. The standard InChI is InChI=1S/C12H20F3NO2/c1-9-3-2-4-10(5-9)7-18-11(17)6-16-8-12(13,14)15/h9-10,16H,2-8H2,1H3. The van der Waals surface area contributed by atoms with Gasteiger partial charge in [0.2, 0.25) is 0 Å². The molecule has 1 rings (SSSR count). The molecule has 2 atom stereocenters. The molecule has 18 heavy (non-hydrogen) atoms. The van der Waals surface area contributed by atoms with Gasteiger partial charge in [0.15, 0.2) is 0 Å². The third-order valence-electron chi connectivity index (χ3n) is 3.12. The van der Waals surface area contributed by atoms with Crippen molar-refractivity contribution in [2.24, 2.45) is 11.8 Å². The molecular formula is C12H20F3NO2. The molecule has 1 N–H and O–H groups in total. The summed E-state index contributed by atoms with van der Waals surface area (Å²) in [6.07, 6.45) is 0.114. The zero-order valence-corrected chi connectivity index (χ0v) is 10.6. The number of ether oxygens (including phenoxy) is 1. The first-order chi connectivity index (χ1) is 8.37. The zero-order chi connectivity index (χ0) is 13.6. The SMILES string of the molecule is CC1CCCC(COC(=O)CNCC(F)(F)F)C1. The van der Waals surface area contributed by atoms with Crippen LogP contribution in [0.4, 0.5) is 13.2 Å². The van der Waals surface area contributed by atoms with Crippen molar-refractivity contribution in [3.63, 3.8) is 0 Å². The summed E-state index contributed by atoms with van der Waals surface area (Å²) in [5, 5.41) is 2.02. The number of alkyl halides is 3. The Labute approximate surface area is 105 Å². The average molecular weight is 267 g/mol. The first-order valence-corrected chi connectivity index (χ1v) is 6.30. The number of halogens is 3. The molecule has 2 unspecified atom stereocenters. The van der Waals surface area contributed by atoms with Gasteiger partial charge in [0.25, 0.3) is 0 Å². The molecule has 1 aliphatic carbocycles. The Morgan fingerprint density at radius 3 is 2.72 bits per heavy atom. The minimum absolute atomic E-state index is 0.330. The maximum Gasteiger partial charge on any atom is 0.401 e. The predicted molar refractivity (Wildman–Crippen MR) is 61.0 cm³/mol. The lowest BCUT2D eigenvalue weighted by molar-refractivity contribution is -0.146. The normalized spacial score (nSPS) is 24.9. The summed E-state index contributed by atoms with van der Waals surface area (Å²) in [7, 11) is 0. The first-order valence-electron chi connectivity index (χ1n) is 6.30. The van der Waals surface area contributed by atoms with E-state index >= 15 is 0 Å². The van der Waals surface area contributed by atoms with E-state index in [1.54, 1.807) is 0 Å². The maximum atomic E-state index is 11.8. The van der Waals surface area contributed by atoms with Crippen molar-refractivity contribution in [3.8, 4) is 0 Å². The van der Waals surface area contributed by atoms with Gasteiger partial charge in [0.1, 0.15) is 0 Å². The predicted octanol–water partition coefficient (Wildman–Crippen LogP) is 2.51. The van der Waals surface area contributed by atoms with E-state index in [4.69, 9.17) is 4.74 Å². The largest absolute Gasteiger partial charge is 0.464 e. The topological polar surface area (TPSA) is 38.3 Å². The monoisotopic (exact) mass is 267 g/mol. The van der Waals surface area contributed by atoms with Crippen LogP contribution in [0.5, 0.6) is 0 Å². The van der Waals surface area contributed by atoms with E-state index in [9.17, 15) is 18.0 Å². The van der Waals surface area contributed by atoms with Gasteiger partial charge in [-0.3, -0.25) is 10.1 Å². The molecule has 0 spiro atoms. The lowest BCUT2D eigenvalue weighted by Crippen LogP contribution is -2.34. The van der Waals surface area contributed by atoms with E-state index in [2.05, 4.69) is 6.92 Å². The summed E-state index contributed by atoms with van der Waals surface area (Å²) in [5.74, 6) is 0.392. The number of rotatable bonds is 5. The van der Waals surface area contributed by atoms with E-state index in [0.29, 0.717) is 18.4 Å². The number of hydrogen-bond donors (Lipinski definition) is 1. The van der Waals surface area contributed by atoms with E-state index < -0.39 is 18.7 Å². The Balaban J connectivity index is 2.09. The fourth-order valence-corrected chi connectivity index (χ4v) is 2.28. The lowest BCUT2D eigenvalue weighted by Gasteiger charge is -2.26. The van der Waals surface area contributed by atoms with E-state index in [-0.39, 0.29) is 6.54 Å². The highest BCUT2D eigenvalue weighted by molar-refractivity contribution is 5.71. The highest BCUT2D eigenvalue weighted by atomic mass is 19.4. The van der Waals surface area contributed by atoms with Crippen molar-refractivity contribution in [1.29, 1.82) is 0 Å². The van der Waals surface area contributed by atoms with Gasteiger partial charge in [-0.15, -0.1) is 0 Å². The second-order valence-electron chi connectivity index (χ2n) is 5.04. The van der Waals surface area contributed by atoms with Gasteiger partial charge in [-0.1, -0.05) is 19.8 Å². The Morgan fingerprint density at radius 1 is 1.39 bits per heavy atom. The fraction of sp³-hybridized carbons (Fsp3) is 0.917. The number of esters is 1. The highest BCUT2D eigenvalue weighted by Gasteiger charge is 2.27. The van der Waals surface area contributed by atoms with Crippen LogP contribution in [0.15, 0.2) is 0 Å². The van der Waals surface area contributed by atoms with Crippen LogP contribution in [-0.4, -0.2) is 31.8 Å². The second-order valence-corrected chi connectivity index (χ2v) is 5.04. The molecule has 0 aromatic heterocycles. The fourth-order valence-electron chi connectivity index (χ4n) is 2.28. The Morgan fingerprint density at radius 2 is 2.11 bits per heavy atom. The summed E-state index contributed by atoms with van der Waals surface area (Å²) in [4.78, 5) is 11.2. The van der Waals surface area contributed by atoms with Crippen molar-refractivity contribution in [2.75, 3.05) is 19.7 Å². The van der Waals surface area contributed by atoms with Crippen molar-refractivity contribution in [3.05, 3.63) is 0 Å². The van der Waals surface area contributed by atoms with Crippen LogP contribution < -0.4 is 5.32 Å². The molecule has 0 aromatic carbocycles. The molecule has 0 aromatic rings. The molecule has 0 saturated heterocycles. The molecular weight excluding hydrogens is 247 g/mol. The van der Waals surface area contributed by atoms with Crippen LogP contribution in [0.3, 0.4) is 0 Å². The smallest absolute Gasteiger partial charge is 0.401 e. The van der Waals surface area contributed by atoms with Crippen LogP contribution in [0.25, 0.3) is 0 Å². The van der Waals surface area contributed by atoms with Crippen molar-refractivity contribution >= 4 is 5.97 Å². The van der Waals surface area contributed by atoms with Gasteiger partial charge in [-0.05, 0) is 24.7 Å². The third kappa shape index (κ3) is 6.83. The summed E-state index contributed by atoms with van der Waals surface area (Å²) in [5.41, 5.74) is 0. The maximum absolute atomic E-state index is 11.8. The van der Waals surface area contributed by atoms with Gasteiger partial charge in [-0.2, -0.15) is 13.2 Å². The van der Waals surface area contributed by atoms with Gasteiger partial charge in [0, 0.05) is 0 Å². The number of nitrogens with one attached hydrogen (secondary N) is 1. The molecule has 0 bridgehead atoms. The third-order valence-corrected chi connectivity index (χ3v) is 3.12. The van der Waals surface area contributed by atoms with Crippen molar-refractivity contribution in [1.82, 2.24) is 5.32 Å². The first kappa shape index (κ1) is 15.3. The molecule has 1 fully saturated rings. The van der Waals surface area contributed by atoms with E-state index in [0.717, 1.165) is 19.3 Å². The van der Waals surface area contributed by atoms with Crippen molar-refractivity contribution in [2.45, 2.75) is 38.8 Å². The molecule has 1 saturated carbocycles. The molecule has 106 valence electrons. The Hall–Kier alpha value is -0.780. The number of carbonyl (C=O) groups is 1. The van der Waals surface area contributed by atoms with Crippen LogP contribution in [0, 0.1) is 11.8 Å². The highest BCUT2D eigenvalue weighted by Crippen LogP contribution is 2.28. The van der Waals surface area contributed by atoms with Gasteiger partial charge >= 0.3 is 12.1 Å². The molecule has 0 aliphatic heterocycles. The van der Waals surface area contributed by atoms with Gasteiger partial charge in [-0.25, -0.2) is 0 Å². The molecule has 0 amide bonds.